The lowest BCUT2D eigenvalue weighted by atomic mass is 9.91. The van der Waals surface area contributed by atoms with Gasteiger partial charge in [-0.25, -0.2) is 4.98 Å². The molecule has 0 amide bonds. The van der Waals surface area contributed by atoms with Crippen molar-refractivity contribution in [2.24, 2.45) is 0 Å². The third-order valence-corrected chi connectivity index (χ3v) is 6.77. The van der Waals surface area contributed by atoms with Gasteiger partial charge in [0.15, 0.2) is 5.65 Å². The maximum Gasteiger partial charge on any atom is 0.151 e. The quantitative estimate of drug-likeness (QED) is 0.450. The Balaban J connectivity index is 1.28. The van der Waals surface area contributed by atoms with E-state index in [0.29, 0.717) is 18.4 Å². The van der Waals surface area contributed by atoms with E-state index in [1.54, 1.807) is 6.20 Å². The summed E-state index contributed by atoms with van der Waals surface area (Å²) >= 11 is 0. The van der Waals surface area contributed by atoms with Crippen molar-refractivity contribution >= 4 is 24.8 Å². The minimum absolute atomic E-state index is 0.478. The highest BCUT2D eigenvalue weighted by molar-refractivity contribution is 6.36. The molecule has 5 rings (SSSR count). The third-order valence-electron chi connectivity index (χ3n) is 6.77. The molecule has 1 unspecified atom stereocenters. The Bertz CT molecular complexity index is 1190. The molecule has 6 nitrogen and oxygen atoms in total. The topological polar surface area (TPSA) is 58.4 Å². The smallest absolute Gasteiger partial charge is 0.151 e. The van der Waals surface area contributed by atoms with Crippen LogP contribution in [0, 0.1) is 0 Å². The summed E-state index contributed by atoms with van der Waals surface area (Å²) < 4.78 is 1.92. The number of likely N-dealkylation sites (tertiary alicyclic amines) is 1. The molecular weight excluding hydrogens is 407 g/mol. The molecule has 1 aliphatic rings. The Morgan fingerprint density at radius 3 is 2.67 bits per heavy atom. The summed E-state index contributed by atoms with van der Waals surface area (Å²) in [6.07, 6.45) is 7.87. The van der Waals surface area contributed by atoms with Crippen LogP contribution in [0.5, 0.6) is 0 Å². The first-order chi connectivity index (χ1) is 16.2. The predicted octanol–water partition coefficient (Wildman–Crippen LogP) is 2.98. The Morgan fingerprint density at radius 2 is 1.91 bits per heavy atom. The number of aromatic nitrogens is 4. The zero-order valence-electron chi connectivity index (χ0n) is 19.5. The van der Waals surface area contributed by atoms with E-state index in [-0.39, 0.29) is 0 Å². The summed E-state index contributed by atoms with van der Waals surface area (Å²) in [6, 6.07) is 17.1. The van der Waals surface area contributed by atoms with Crippen LogP contribution in [0.4, 0.5) is 5.82 Å². The maximum atomic E-state index is 5.04. The van der Waals surface area contributed by atoms with Crippen LogP contribution in [-0.4, -0.2) is 52.0 Å². The van der Waals surface area contributed by atoms with Gasteiger partial charge in [-0.15, -0.1) is 0 Å². The summed E-state index contributed by atoms with van der Waals surface area (Å²) in [5.41, 5.74) is 5.80. The molecule has 1 saturated heterocycles. The van der Waals surface area contributed by atoms with Gasteiger partial charge >= 0.3 is 0 Å². The van der Waals surface area contributed by atoms with Gasteiger partial charge in [0.05, 0.1) is 0 Å². The molecule has 4 aromatic rings. The number of nitrogens with zero attached hydrogens (tertiary/aromatic N) is 5. The summed E-state index contributed by atoms with van der Waals surface area (Å²) in [4.78, 5) is 11.9. The number of fused-ring (bicyclic) bond motifs is 1. The number of rotatable bonds is 7. The van der Waals surface area contributed by atoms with Gasteiger partial charge in [-0.1, -0.05) is 43.3 Å². The predicted molar refractivity (Wildman–Crippen MR) is 136 cm³/mol. The lowest BCUT2D eigenvalue weighted by Crippen LogP contribution is -2.35. The molecule has 0 aliphatic carbocycles. The molecule has 0 saturated carbocycles. The molecule has 0 bridgehead atoms. The second kappa shape index (κ2) is 9.75. The van der Waals surface area contributed by atoms with Crippen molar-refractivity contribution in [2.45, 2.75) is 38.1 Å². The highest BCUT2D eigenvalue weighted by Crippen LogP contribution is 2.30. The Morgan fingerprint density at radius 1 is 1.09 bits per heavy atom. The van der Waals surface area contributed by atoms with Gasteiger partial charge in [0.25, 0.3) is 0 Å². The van der Waals surface area contributed by atoms with Crippen LogP contribution in [0.15, 0.2) is 67.1 Å². The Hall–Kier alpha value is -3.19. The maximum absolute atomic E-state index is 5.04. The summed E-state index contributed by atoms with van der Waals surface area (Å²) in [5.74, 6) is 2.02. The standard InChI is InChI=1S/C26H31BN6/c1-19(21-7-3-2-4-8-21)18-32-12-9-22(10-13-32)24-14-25(29-16-20-6-5-11-28-15-20)33-26(31-24)23(27)17-30-33/h2-8,11,14-15,17,19,22,29H,9-10,12-13,16,18,27H2,1H3. The molecule has 4 heterocycles. The molecule has 1 fully saturated rings. The van der Waals surface area contributed by atoms with Crippen molar-refractivity contribution in [2.75, 3.05) is 25.0 Å². The van der Waals surface area contributed by atoms with Crippen molar-refractivity contribution in [3.05, 3.63) is 83.9 Å². The van der Waals surface area contributed by atoms with Crippen molar-refractivity contribution < 1.29 is 0 Å². The minimum atomic E-state index is 0.478. The van der Waals surface area contributed by atoms with E-state index < -0.39 is 0 Å². The van der Waals surface area contributed by atoms with Crippen LogP contribution in [-0.2, 0) is 6.54 Å². The molecule has 0 radical (unpaired) electrons. The first kappa shape index (κ1) is 21.6. The number of piperidine rings is 1. The summed E-state index contributed by atoms with van der Waals surface area (Å²) in [7, 11) is 2.08. The van der Waals surface area contributed by atoms with E-state index in [4.69, 9.17) is 4.98 Å². The van der Waals surface area contributed by atoms with Gasteiger partial charge in [0, 0.05) is 49.4 Å². The highest BCUT2D eigenvalue weighted by atomic mass is 15.3. The molecule has 3 aromatic heterocycles. The van der Waals surface area contributed by atoms with Crippen LogP contribution in [0.3, 0.4) is 0 Å². The molecule has 168 valence electrons. The lowest BCUT2D eigenvalue weighted by Gasteiger charge is -2.33. The first-order valence-electron chi connectivity index (χ1n) is 11.9. The number of benzene rings is 1. The normalized spacial score (nSPS) is 16.2. The van der Waals surface area contributed by atoms with E-state index in [9.17, 15) is 0 Å². The number of hydrogen-bond donors (Lipinski definition) is 1. The Labute approximate surface area is 196 Å². The number of nitrogens with one attached hydrogen (secondary N) is 1. The molecule has 0 spiro atoms. The molecule has 1 aliphatic heterocycles. The van der Waals surface area contributed by atoms with Gasteiger partial charge in [0.1, 0.15) is 13.7 Å². The van der Waals surface area contributed by atoms with E-state index in [0.717, 1.165) is 55.0 Å². The van der Waals surface area contributed by atoms with Gasteiger partial charge < -0.3 is 10.2 Å². The lowest BCUT2D eigenvalue weighted by molar-refractivity contribution is 0.202. The monoisotopic (exact) mass is 438 g/mol. The van der Waals surface area contributed by atoms with Crippen molar-refractivity contribution in [1.29, 1.82) is 0 Å². The molecule has 1 N–H and O–H groups in total. The van der Waals surface area contributed by atoms with Gasteiger partial charge in [-0.05, 0) is 54.5 Å². The number of pyridine rings is 1. The van der Waals surface area contributed by atoms with Crippen molar-refractivity contribution in [3.8, 4) is 0 Å². The molecule has 33 heavy (non-hydrogen) atoms. The van der Waals surface area contributed by atoms with Gasteiger partial charge in [0.2, 0.25) is 0 Å². The fourth-order valence-electron chi connectivity index (χ4n) is 4.81. The SMILES string of the molecule is Bc1cnn2c(NCc3cccnc3)cc(C3CCN(CC(C)c4ccccc4)CC3)nc12. The average Bonchev–Trinajstić information content (AvgIpc) is 3.25. The van der Waals surface area contributed by atoms with E-state index in [1.165, 1.54) is 11.3 Å². The molecular formula is C26H31BN6. The minimum Gasteiger partial charge on any atom is -0.366 e. The van der Waals surface area contributed by atoms with E-state index >= 15 is 0 Å². The Kier molecular flexibility index (Phi) is 6.40. The van der Waals surface area contributed by atoms with E-state index in [2.05, 4.69) is 77.5 Å². The zero-order chi connectivity index (χ0) is 22.6. The summed E-state index contributed by atoms with van der Waals surface area (Å²) in [6.45, 7) is 6.39. The fraction of sp³-hybridized carbons (Fsp3) is 0.346. The van der Waals surface area contributed by atoms with Gasteiger partial charge in [-0.2, -0.15) is 9.61 Å². The van der Waals surface area contributed by atoms with Crippen LogP contribution in [0.1, 0.15) is 48.4 Å². The first-order valence-corrected chi connectivity index (χ1v) is 11.9. The third kappa shape index (κ3) is 4.93. The van der Waals surface area contributed by atoms with Crippen LogP contribution in [0.25, 0.3) is 5.65 Å². The zero-order valence-corrected chi connectivity index (χ0v) is 19.5. The average molecular weight is 438 g/mol. The largest absolute Gasteiger partial charge is 0.366 e. The van der Waals surface area contributed by atoms with Crippen LogP contribution >= 0.6 is 0 Å². The van der Waals surface area contributed by atoms with Gasteiger partial charge in [-0.3, -0.25) is 4.98 Å². The van der Waals surface area contributed by atoms with Crippen LogP contribution in [0.2, 0.25) is 0 Å². The number of hydrogen-bond acceptors (Lipinski definition) is 5. The highest BCUT2D eigenvalue weighted by Gasteiger charge is 2.24. The molecule has 7 heteroatoms. The van der Waals surface area contributed by atoms with Crippen molar-refractivity contribution in [3.63, 3.8) is 0 Å². The fourth-order valence-corrected chi connectivity index (χ4v) is 4.81. The van der Waals surface area contributed by atoms with Crippen LogP contribution < -0.4 is 10.8 Å². The molecule has 1 atom stereocenters. The summed E-state index contributed by atoms with van der Waals surface area (Å²) in [5, 5.41) is 8.12. The molecule has 1 aromatic carbocycles. The second-order valence-corrected chi connectivity index (χ2v) is 9.23. The van der Waals surface area contributed by atoms with E-state index in [1.807, 2.05) is 23.0 Å². The second-order valence-electron chi connectivity index (χ2n) is 9.23. The van der Waals surface area contributed by atoms with Crippen molar-refractivity contribution in [1.82, 2.24) is 24.5 Å². The number of anilines is 1.